The lowest BCUT2D eigenvalue weighted by molar-refractivity contribution is -0.288. The van der Waals surface area contributed by atoms with E-state index < -0.39 is 72.8 Å². The fourth-order valence-electron chi connectivity index (χ4n) is 3.76. The summed E-state index contributed by atoms with van der Waals surface area (Å²) in [5.41, 5.74) is 8.29. The van der Waals surface area contributed by atoms with Crippen LogP contribution < -0.4 is 10.1 Å². The van der Waals surface area contributed by atoms with E-state index in [2.05, 4.69) is 15.3 Å². The number of carbonyl (C=O) groups excluding carboxylic acids is 5. The van der Waals surface area contributed by atoms with Crippen molar-refractivity contribution in [1.29, 1.82) is 0 Å². The Bertz CT molecular complexity index is 1190. The zero-order valence-electron chi connectivity index (χ0n) is 23.3. The topological polar surface area (TPSA) is 231 Å². The van der Waals surface area contributed by atoms with Crippen LogP contribution in [0.5, 0.6) is 11.5 Å². The fourth-order valence-corrected chi connectivity index (χ4v) is 3.76. The number of ether oxygens (including phenoxy) is 7. The first-order valence-corrected chi connectivity index (χ1v) is 12.6. The summed E-state index contributed by atoms with van der Waals surface area (Å²) in [5.74, 6) is -4.37. The SMILES string of the molecule is CC(=O)OC[C@H]1OC(Oc2ccc(C(=O)NCCOCCN=[N+]=[N-])cc2O)[C@@H](OC(C)=O)[C@@H](OC(C)=O)[C@H]1OC(C)=O. The predicted octanol–water partition coefficient (Wildman–Crippen LogP) is 0.911. The second-order valence-electron chi connectivity index (χ2n) is 8.69. The van der Waals surface area contributed by atoms with Crippen LogP contribution in [0.3, 0.4) is 0 Å². The molecule has 1 heterocycles. The Balaban J connectivity index is 2.26. The van der Waals surface area contributed by atoms with E-state index in [0.29, 0.717) is 0 Å². The number of aromatic hydroxyl groups is 1. The number of benzene rings is 1. The van der Waals surface area contributed by atoms with Gasteiger partial charge < -0.3 is 43.6 Å². The molecular weight excluding hydrogens is 564 g/mol. The van der Waals surface area contributed by atoms with Crippen molar-refractivity contribution < 1.29 is 62.2 Å². The fraction of sp³-hybridized carbons (Fsp3) is 0.560. The largest absolute Gasteiger partial charge is 0.504 e. The number of phenolic OH excluding ortho intramolecular Hbond substituents is 1. The van der Waals surface area contributed by atoms with Crippen molar-refractivity contribution in [2.45, 2.75) is 58.4 Å². The summed E-state index contributed by atoms with van der Waals surface area (Å²) in [6.45, 7) is 4.55. The average molecular weight is 597 g/mol. The molecule has 0 bridgehead atoms. The summed E-state index contributed by atoms with van der Waals surface area (Å²) in [4.78, 5) is 62.3. The molecule has 1 amide bonds. The molecule has 17 nitrogen and oxygen atoms in total. The number of hydrogen-bond acceptors (Lipinski definition) is 14. The van der Waals surface area contributed by atoms with E-state index in [1.165, 1.54) is 12.1 Å². The molecule has 5 atom stereocenters. The molecule has 1 aliphatic heterocycles. The monoisotopic (exact) mass is 596 g/mol. The Morgan fingerprint density at radius 2 is 1.60 bits per heavy atom. The van der Waals surface area contributed by atoms with Crippen LogP contribution in [0.4, 0.5) is 0 Å². The van der Waals surface area contributed by atoms with E-state index in [4.69, 9.17) is 38.7 Å². The van der Waals surface area contributed by atoms with Gasteiger partial charge >= 0.3 is 23.9 Å². The third-order valence-corrected chi connectivity index (χ3v) is 5.34. The Morgan fingerprint density at radius 3 is 2.19 bits per heavy atom. The van der Waals surface area contributed by atoms with Crippen molar-refractivity contribution in [3.63, 3.8) is 0 Å². The molecule has 1 unspecified atom stereocenters. The molecule has 2 rings (SSSR count). The maximum Gasteiger partial charge on any atom is 0.303 e. The van der Waals surface area contributed by atoms with Crippen LogP contribution in [0.2, 0.25) is 0 Å². The summed E-state index contributed by atoms with van der Waals surface area (Å²) in [7, 11) is 0. The predicted molar refractivity (Wildman–Crippen MR) is 138 cm³/mol. The van der Waals surface area contributed by atoms with Crippen LogP contribution in [-0.4, -0.2) is 98.5 Å². The molecule has 1 aliphatic rings. The molecular formula is C25H32N4O13. The third-order valence-electron chi connectivity index (χ3n) is 5.34. The number of esters is 4. The number of rotatable bonds is 14. The molecule has 1 aromatic carbocycles. The highest BCUT2D eigenvalue weighted by Gasteiger charge is 2.53. The normalized spacial score (nSPS) is 21.2. The van der Waals surface area contributed by atoms with Crippen LogP contribution in [0.15, 0.2) is 23.3 Å². The van der Waals surface area contributed by atoms with Gasteiger partial charge in [-0.2, -0.15) is 0 Å². The quantitative estimate of drug-likeness (QED) is 0.0760. The first kappa shape index (κ1) is 33.6. The van der Waals surface area contributed by atoms with Crippen LogP contribution in [-0.2, 0) is 47.6 Å². The van der Waals surface area contributed by atoms with Gasteiger partial charge in [0.1, 0.15) is 12.7 Å². The van der Waals surface area contributed by atoms with Gasteiger partial charge in [-0.15, -0.1) is 0 Å². The van der Waals surface area contributed by atoms with E-state index >= 15 is 0 Å². The van der Waals surface area contributed by atoms with Crippen LogP contribution in [0.25, 0.3) is 10.4 Å². The molecule has 1 aromatic rings. The van der Waals surface area contributed by atoms with Crippen molar-refractivity contribution in [1.82, 2.24) is 5.32 Å². The molecule has 230 valence electrons. The van der Waals surface area contributed by atoms with E-state index in [1.54, 1.807) is 0 Å². The van der Waals surface area contributed by atoms with E-state index in [-0.39, 0.29) is 37.6 Å². The van der Waals surface area contributed by atoms with Gasteiger partial charge in [0.25, 0.3) is 5.91 Å². The van der Waals surface area contributed by atoms with Gasteiger partial charge in [0.15, 0.2) is 23.7 Å². The van der Waals surface area contributed by atoms with Gasteiger partial charge in [0.2, 0.25) is 12.4 Å². The van der Waals surface area contributed by atoms with E-state index in [0.717, 1.165) is 33.8 Å². The van der Waals surface area contributed by atoms with Gasteiger partial charge in [-0.05, 0) is 23.7 Å². The van der Waals surface area contributed by atoms with Gasteiger partial charge in [-0.3, -0.25) is 24.0 Å². The number of amides is 1. The lowest BCUT2D eigenvalue weighted by Gasteiger charge is -2.43. The highest BCUT2D eigenvalue weighted by atomic mass is 16.7. The second kappa shape index (κ2) is 16.6. The summed E-state index contributed by atoms with van der Waals surface area (Å²) in [6.07, 6.45) is -7.17. The minimum atomic E-state index is -1.57. The minimum Gasteiger partial charge on any atom is -0.504 e. The number of phenols is 1. The van der Waals surface area contributed by atoms with Crippen molar-refractivity contribution in [3.05, 3.63) is 34.2 Å². The Hall–Kier alpha value is -4.60. The van der Waals surface area contributed by atoms with Crippen molar-refractivity contribution in [2.24, 2.45) is 5.11 Å². The highest BCUT2D eigenvalue weighted by Crippen LogP contribution is 2.34. The first-order valence-electron chi connectivity index (χ1n) is 12.6. The number of nitrogens with zero attached hydrogens (tertiary/aromatic N) is 3. The van der Waals surface area contributed by atoms with Crippen molar-refractivity contribution >= 4 is 29.8 Å². The Kier molecular flexibility index (Phi) is 13.3. The number of carbonyl (C=O) groups is 5. The summed E-state index contributed by atoms with van der Waals surface area (Å²) in [5, 5.41) is 16.5. The molecule has 1 fully saturated rings. The molecule has 1 saturated heterocycles. The van der Waals surface area contributed by atoms with Gasteiger partial charge in [0.05, 0.1) is 13.2 Å². The summed E-state index contributed by atoms with van der Waals surface area (Å²) < 4.78 is 37.8. The molecule has 42 heavy (non-hydrogen) atoms. The van der Waals surface area contributed by atoms with E-state index in [1.807, 2.05) is 0 Å². The standard InChI is InChI=1S/C25H32N4O13/c1-13(30)37-12-20-21(38-14(2)31)22(39-15(3)32)23(40-16(4)33)25(42-20)41-19-6-5-17(11-18(19)34)24(35)27-7-9-36-10-8-28-29-26/h5-6,11,20-23,25,34H,7-10,12H2,1-4H3,(H,27,35)/t20-,21+,22+,23+,25?/m1/s1. The number of hydrogen-bond donors (Lipinski definition) is 2. The average Bonchev–Trinajstić information content (AvgIpc) is 2.90. The molecule has 17 heteroatoms. The van der Waals surface area contributed by atoms with Crippen molar-refractivity contribution in [2.75, 3.05) is 32.9 Å². The van der Waals surface area contributed by atoms with Crippen LogP contribution >= 0.6 is 0 Å². The number of azide groups is 1. The molecule has 2 N–H and O–H groups in total. The minimum absolute atomic E-state index is 0.0653. The zero-order valence-corrected chi connectivity index (χ0v) is 23.3. The van der Waals surface area contributed by atoms with Gasteiger partial charge in [-0.1, -0.05) is 5.11 Å². The lowest BCUT2D eigenvalue weighted by Crippen LogP contribution is -2.63. The third kappa shape index (κ3) is 10.8. The summed E-state index contributed by atoms with van der Waals surface area (Å²) >= 11 is 0. The van der Waals surface area contributed by atoms with Crippen LogP contribution in [0.1, 0.15) is 38.1 Å². The number of nitrogens with one attached hydrogen (secondary N) is 1. The zero-order chi connectivity index (χ0) is 31.2. The van der Waals surface area contributed by atoms with Gasteiger partial charge in [-0.25, -0.2) is 0 Å². The van der Waals surface area contributed by atoms with Crippen LogP contribution in [0, 0.1) is 0 Å². The maximum atomic E-state index is 12.4. The maximum absolute atomic E-state index is 12.4. The van der Waals surface area contributed by atoms with Crippen molar-refractivity contribution in [3.8, 4) is 11.5 Å². The molecule has 0 aromatic heterocycles. The highest BCUT2D eigenvalue weighted by molar-refractivity contribution is 5.94. The Morgan fingerprint density at radius 1 is 0.952 bits per heavy atom. The molecule has 0 spiro atoms. The second-order valence-corrected chi connectivity index (χ2v) is 8.69. The molecule has 0 aliphatic carbocycles. The summed E-state index contributed by atoms with van der Waals surface area (Å²) in [6, 6.07) is 3.69. The smallest absolute Gasteiger partial charge is 0.303 e. The van der Waals surface area contributed by atoms with Gasteiger partial charge in [0, 0.05) is 51.3 Å². The first-order chi connectivity index (χ1) is 19.9. The van der Waals surface area contributed by atoms with E-state index in [9.17, 15) is 29.1 Å². The molecule has 0 radical (unpaired) electrons. The molecule has 0 saturated carbocycles. The lowest BCUT2D eigenvalue weighted by atomic mass is 9.98. The Labute approximate surface area is 239 Å².